The molecule has 1 fully saturated rings. The number of hydrogen-bond acceptors (Lipinski definition) is 4. The number of carboxylic acid groups (broad SMARTS) is 1. The molecule has 3 N–H and O–H groups in total. The SMILES string of the molecule is CCCCc1cc(NC(=O)Nc2cccc(Cl)c2Cl)n(-c2cccc(CC(=O)N3CCC(C(=O)O)CC3)c2)n1. The van der Waals surface area contributed by atoms with Crippen LogP contribution in [-0.2, 0) is 22.4 Å². The predicted molar refractivity (Wildman–Crippen MR) is 152 cm³/mol. The van der Waals surface area contributed by atoms with Gasteiger partial charge in [-0.3, -0.25) is 14.9 Å². The van der Waals surface area contributed by atoms with Crippen molar-refractivity contribution in [2.24, 2.45) is 5.92 Å². The molecule has 0 saturated carbocycles. The Labute approximate surface area is 237 Å². The highest BCUT2D eigenvalue weighted by atomic mass is 35.5. The van der Waals surface area contributed by atoms with Gasteiger partial charge in [0.1, 0.15) is 5.82 Å². The number of amides is 3. The van der Waals surface area contributed by atoms with E-state index < -0.39 is 17.9 Å². The number of aliphatic carboxylic acids is 1. The van der Waals surface area contributed by atoms with E-state index in [0.29, 0.717) is 48.1 Å². The Hall–Kier alpha value is -3.56. The van der Waals surface area contributed by atoms with Gasteiger partial charge in [-0.2, -0.15) is 5.10 Å². The number of anilines is 2. The summed E-state index contributed by atoms with van der Waals surface area (Å²) in [6.07, 6.45) is 3.83. The number of likely N-dealkylation sites (tertiary alicyclic amines) is 1. The van der Waals surface area contributed by atoms with Gasteiger partial charge >= 0.3 is 12.0 Å². The maximum atomic E-state index is 12.9. The second-order valence-electron chi connectivity index (χ2n) is 9.56. The van der Waals surface area contributed by atoms with E-state index in [1.165, 1.54) is 0 Å². The minimum atomic E-state index is -0.805. The minimum absolute atomic E-state index is 0.0452. The molecule has 0 aliphatic carbocycles. The summed E-state index contributed by atoms with van der Waals surface area (Å²) in [4.78, 5) is 38.7. The minimum Gasteiger partial charge on any atom is -0.481 e. The molecule has 2 aromatic carbocycles. The van der Waals surface area contributed by atoms with Crippen LogP contribution in [0.15, 0.2) is 48.5 Å². The van der Waals surface area contributed by atoms with Crippen molar-refractivity contribution < 1.29 is 19.5 Å². The average Bonchev–Trinajstić information content (AvgIpc) is 3.32. The summed E-state index contributed by atoms with van der Waals surface area (Å²) >= 11 is 12.3. The number of aromatic nitrogens is 2. The number of carboxylic acids is 1. The Balaban J connectivity index is 1.51. The normalized spacial score (nSPS) is 13.8. The molecule has 9 nitrogen and oxygen atoms in total. The Morgan fingerprint density at radius 1 is 1.05 bits per heavy atom. The molecule has 0 spiro atoms. The number of carbonyl (C=O) groups excluding carboxylic acids is 2. The number of hydrogen-bond donors (Lipinski definition) is 3. The van der Waals surface area contributed by atoms with Gasteiger partial charge in [-0.15, -0.1) is 0 Å². The zero-order valence-corrected chi connectivity index (χ0v) is 23.1. The number of benzene rings is 2. The standard InChI is InChI=1S/C28H31Cl2N5O4/c1-2-3-7-20-17-24(32-28(39)31-23-10-5-9-22(29)26(23)30)35(33-20)21-8-4-6-18(15-21)16-25(36)34-13-11-19(12-14-34)27(37)38/h4-6,8-10,15,17,19H,2-3,7,11-14,16H2,1H3,(H,37,38)(H2,31,32,39). The first-order chi connectivity index (χ1) is 18.7. The predicted octanol–water partition coefficient (Wildman–Crippen LogP) is 6.03. The largest absolute Gasteiger partial charge is 0.481 e. The van der Waals surface area contributed by atoms with Gasteiger partial charge in [-0.25, -0.2) is 9.48 Å². The van der Waals surface area contributed by atoms with Crippen molar-refractivity contribution in [3.8, 4) is 5.69 Å². The van der Waals surface area contributed by atoms with Crippen molar-refractivity contribution in [2.75, 3.05) is 23.7 Å². The number of halogens is 2. The van der Waals surface area contributed by atoms with E-state index in [2.05, 4.69) is 17.6 Å². The average molecular weight is 572 g/mol. The first-order valence-corrected chi connectivity index (χ1v) is 13.7. The van der Waals surface area contributed by atoms with Crippen molar-refractivity contribution in [1.29, 1.82) is 0 Å². The Bertz CT molecular complexity index is 1350. The summed E-state index contributed by atoms with van der Waals surface area (Å²) in [6.45, 7) is 2.98. The highest BCUT2D eigenvalue weighted by Gasteiger charge is 2.27. The maximum absolute atomic E-state index is 12.9. The number of urea groups is 1. The fourth-order valence-corrected chi connectivity index (χ4v) is 4.87. The maximum Gasteiger partial charge on any atom is 0.324 e. The quantitative estimate of drug-likeness (QED) is 0.290. The van der Waals surface area contributed by atoms with Crippen LogP contribution in [0, 0.1) is 5.92 Å². The summed E-state index contributed by atoms with van der Waals surface area (Å²) in [5, 5.41) is 20.1. The lowest BCUT2D eigenvalue weighted by molar-refractivity contribution is -0.145. The van der Waals surface area contributed by atoms with E-state index in [0.717, 1.165) is 30.5 Å². The zero-order chi connectivity index (χ0) is 27.9. The molecule has 1 aliphatic heterocycles. The van der Waals surface area contributed by atoms with Crippen LogP contribution in [0.3, 0.4) is 0 Å². The second-order valence-corrected chi connectivity index (χ2v) is 10.3. The van der Waals surface area contributed by atoms with Crippen LogP contribution in [-0.4, -0.2) is 50.8 Å². The van der Waals surface area contributed by atoms with Gasteiger partial charge in [0, 0.05) is 19.2 Å². The molecule has 206 valence electrons. The lowest BCUT2D eigenvalue weighted by Gasteiger charge is -2.30. The van der Waals surface area contributed by atoms with Crippen LogP contribution in [0.2, 0.25) is 10.0 Å². The number of carbonyl (C=O) groups is 3. The summed E-state index contributed by atoms with van der Waals surface area (Å²) in [5.41, 5.74) is 2.70. The fourth-order valence-electron chi connectivity index (χ4n) is 4.53. The van der Waals surface area contributed by atoms with Gasteiger partial charge in [-0.05, 0) is 55.5 Å². The van der Waals surface area contributed by atoms with Crippen LogP contribution in [0.5, 0.6) is 0 Å². The van der Waals surface area contributed by atoms with Gasteiger partial charge in [0.05, 0.1) is 39.5 Å². The van der Waals surface area contributed by atoms with E-state index in [1.807, 2.05) is 30.3 Å². The van der Waals surface area contributed by atoms with Gasteiger partial charge in [0.15, 0.2) is 0 Å². The van der Waals surface area contributed by atoms with Gasteiger partial charge < -0.3 is 15.3 Å². The van der Waals surface area contributed by atoms with E-state index in [4.69, 9.17) is 28.3 Å². The third-order valence-corrected chi connectivity index (χ3v) is 7.51. The molecule has 3 amide bonds. The highest BCUT2D eigenvalue weighted by Crippen LogP contribution is 2.30. The number of piperidine rings is 1. The molecule has 0 radical (unpaired) electrons. The molecule has 1 aromatic heterocycles. The fraction of sp³-hybridized carbons (Fsp3) is 0.357. The number of nitrogens with one attached hydrogen (secondary N) is 2. The van der Waals surface area contributed by atoms with Crippen LogP contribution in [0.1, 0.15) is 43.9 Å². The zero-order valence-electron chi connectivity index (χ0n) is 21.6. The first-order valence-electron chi connectivity index (χ1n) is 13.0. The van der Waals surface area contributed by atoms with Crippen molar-refractivity contribution in [3.63, 3.8) is 0 Å². The molecule has 0 atom stereocenters. The molecule has 0 bridgehead atoms. The summed E-state index contributed by atoms with van der Waals surface area (Å²) in [5.74, 6) is -0.773. The summed E-state index contributed by atoms with van der Waals surface area (Å²) < 4.78 is 1.65. The number of rotatable bonds is 9. The van der Waals surface area contributed by atoms with Crippen LogP contribution >= 0.6 is 23.2 Å². The van der Waals surface area contributed by atoms with Crippen molar-refractivity contribution in [2.45, 2.75) is 45.4 Å². The van der Waals surface area contributed by atoms with E-state index in [9.17, 15) is 19.5 Å². The third-order valence-electron chi connectivity index (χ3n) is 6.70. The first kappa shape index (κ1) is 28.4. The van der Waals surface area contributed by atoms with Crippen molar-refractivity contribution >= 4 is 52.6 Å². The van der Waals surface area contributed by atoms with Gasteiger partial charge in [-0.1, -0.05) is 54.7 Å². The third kappa shape index (κ3) is 7.30. The molecule has 0 unspecified atom stereocenters. The smallest absolute Gasteiger partial charge is 0.324 e. The second kappa shape index (κ2) is 13.0. The highest BCUT2D eigenvalue weighted by molar-refractivity contribution is 6.44. The Morgan fingerprint density at radius 3 is 2.51 bits per heavy atom. The summed E-state index contributed by atoms with van der Waals surface area (Å²) in [6, 6.07) is 13.8. The molecular weight excluding hydrogens is 541 g/mol. The van der Waals surface area contributed by atoms with Crippen molar-refractivity contribution in [1.82, 2.24) is 14.7 Å². The van der Waals surface area contributed by atoms with E-state index in [1.54, 1.807) is 27.8 Å². The lowest BCUT2D eigenvalue weighted by Crippen LogP contribution is -2.41. The molecule has 3 aromatic rings. The van der Waals surface area contributed by atoms with Gasteiger partial charge in [0.2, 0.25) is 5.91 Å². The number of nitrogens with zero attached hydrogens (tertiary/aromatic N) is 3. The van der Waals surface area contributed by atoms with E-state index >= 15 is 0 Å². The molecule has 2 heterocycles. The lowest BCUT2D eigenvalue weighted by atomic mass is 9.96. The molecule has 4 rings (SSSR count). The topological polar surface area (TPSA) is 117 Å². The Morgan fingerprint density at radius 2 is 1.79 bits per heavy atom. The molecule has 1 saturated heterocycles. The van der Waals surface area contributed by atoms with Crippen LogP contribution in [0.4, 0.5) is 16.3 Å². The Kier molecular flexibility index (Phi) is 9.48. The molecule has 39 heavy (non-hydrogen) atoms. The summed E-state index contributed by atoms with van der Waals surface area (Å²) in [7, 11) is 0. The monoisotopic (exact) mass is 571 g/mol. The van der Waals surface area contributed by atoms with E-state index in [-0.39, 0.29) is 17.4 Å². The van der Waals surface area contributed by atoms with Crippen LogP contribution in [0.25, 0.3) is 5.69 Å². The molecule has 1 aliphatic rings. The van der Waals surface area contributed by atoms with Gasteiger partial charge in [0.25, 0.3) is 0 Å². The number of unbranched alkanes of at least 4 members (excludes halogenated alkanes) is 1. The molecule has 11 heteroatoms. The van der Waals surface area contributed by atoms with Crippen LogP contribution < -0.4 is 10.6 Å². The van der Waals surface area contributed by atoms with Crippen molar-refractivity contribution in [3.05, 3.63) is 69.8 Å². The number of aryl methyl sites for hydroxylation is 1. The molecular formula is C28H31Cl2N5O4.